The SMILES string of the molecule is CC(=O)N[C@@H]1[C@@H](O)[C@H](O[C@@H]2O[C@H](CO)[C@@H](O[C@@H]3O[C@H](CO[C@H]4O[C@H](CO)[C@@H](O)[C@H](O)[C@@H]4O[C@@H]4O[C@H](COS(=O)(=O)O)[C@@H](O[C@@H]5O[C@H](CO)[C@H](O)[C@H](O)[C@H]5O)[C@H](O)[C@H]4NC(C)=O)[C@@H](O)[C@H](O[C@H]4O[C@H](CO)[C@@H](O)[C@H](O)[C@@H]4O[C@@H]4O[C@H](COS(=O)(=O)O)[C@@H](O[C@@H]5O[C@H](CO)[C@H](O)[C@H](O)[C@H]5O)[C@H](O[C@@H]5O[C@@H](C)[C@@H](O)[C@@H](O)[C@H]5O)[C@H]4NC(C)=O)[C@@H]3O)[C@H](O)[C@H]2NC(C)=O)[C@@H](CO[C@@H]2O[C@@H](C)[C@@H](O)[C@@H](O)[C@@H]2O)O[C@H]1O. The van der Waals surface area contributed by atoms with Crippen molar-refractivity contribution in [3.8, 4) is 0 Å². The highest BCUT2D eigenvalue weighted by Crippen LogP contribution is 2.43. The van der Waals surface area contributed by atoms with Crippen LogP contribution in [0.25, 0.3) is 0 Å². The molecule has 55 atom stereocenters. The van der Waals surface area contributed by atoms with E-state index in [2.05, 4.69) is 25.5 Å². The first kappa shape index (κ1) is 116. The van der Waals surface area contributed by atoms with E-state index in [0.29, 0.717) is 0 Å². The van der Waals surface area contributed by atoms with Gasteiger partial charge in [0.1, 0.15) is 256 Å². The van der Waals surface area contributed by atoms with Gasteiger partial charge in [-0.05, 0) is 13.8 Å². The Morgan fingerprint density at radius 3 is 0.957 bits per heavy atom. The quantitative estimate of drug-likeness (QED) is 0.0257. The minimum atomic E-state index is -5.70. The molecule has 64 nitrogen and oxygen atoms in total. The zero-order valence-corrected chi connectivity index (χ0v) is 76.2. The van der Waals surface area contributed by atoms with Crippen LogP contribution < -0.4 is 21.3 Å². The average Bonchev–Trinajstić information content (AvgIpc) is 0.753. The van der Waals surface area contributed by atoms with Gasteiger partial charge in [-0.25, -0.2) is 8.37 Å². The Kier molecular flexibility index (Phi) is 41.0. The summed E-state index contributed by atoms with van der Waals surface area (Å²) < 4.78 is 204. The van der Waals surface area contributed by atoms with Crippen LogP contribution in [0.3, 0.4) is 0 Å². The van der Waals surface area contributed by atoms with Crippen molar-refractivity contribution in [2.24, 2.45) is 0 Å². The van der Waals surface area contributed by atoms with Crippen molar-refractivity contribution in [3.05, 3.63) is 0 Å². The summed E-state index contributed by atoms with van der Waals surface area (Å²) in [5.41, 5.74) is 0. The lowest BCUT2D eigenvalue weighted by molar-refractivity contribution is -0.403. The van der Waals surface area contributed by atoms with Gasteiger partial charge in [0.2, 0.25) is 23.6 Å². The highest BCUT2D eigenvalue weighted by atomic mass is 32.3. The minimum absolute atomic E-state index is 0.802. The number of hydrogen-bond acceptors (Lipinski definition) is 58. The van der Waals surface area contributed by atoms with Crippen molar-refractivity contribution in [1.82, 2.24) is 21.3 Å². The molecular weight excluding hydrogens is 1970 g/mol. The lowest BCUT2D eigenvalue weighted by Crippen LogP contribution is -2.71. The Morgan fingerprint density at radius 2 is 0.514 bits per heavy atom. The topological polar surface area (TPSA) is 984 Å². The fraction of sp³-hybridized carbons (Fsp3) is 0.946. The number of aliphatic hydroxyl groups is 27. The molecule has 0 unspecified atom stereocenters. The number of nitrogens with one attached hydrogen (secondary N) is 4. The minimum Gasteiger partial charge on any atom is -0.394 e. The van der Waals surface area contributed by atoms with Crippen molar-refractivity contribution >= 4 is 44.4 Å². The molecule has 66 heteroatoms. The molecule has 812 valence electrons. The van der Waals surface area contributed by atoms with Crippen molar-refractivity contribution in [3.63, 3.8) is 0 Å². The molecule has 11 saturated heterocycles. The second-order valence-electron chi connectivity index (χ2n) is 34.8. The molecule has 0 aromatic heterocycles. The summed E-state index contributed by atoms with van der Waals surface area (Å²) >= 11 is 0. The molecule has 0 spiro atoms. The molecule has 0 aromatic rings. The number of rotatable bonds is 37. The summed E-state index contributed by atoms with van der Waals surface area (Å²) in [6, 6.07) is -8.41. The molecular formula is C74H124N4O60S2. The Hall–Kier alpha value is -4.30. The zero-order chi connectivity index (χ0) is 104. The van der Waals surface area contributed by atoms with Crippen LogP contribution in [0.1, 0.15) is 41.5 Å². The van der Waals surface area contributed by atoms with E-state index >= 15 is 0 Å². The Labute approximate surface area is 792 Å². The number of amides is 4. The summed E-state index contributed by atoms with van der Waals surface area (Å²) in [6.07, 6.45) is -114. The monoisotopic (exact) mass is 2090 g/mol. The molecule has 0 aliphatic carbocycles. The summed E-state index contributed by atoms with van der Waals surface area (Å²) in [4.78, 5) is 52.8. The smallest absolute Gasteiger partial charge is 0.394 e. The van der Waals surface area contributed by atoms with Crippen LogP contribution in [-0.2, 0) is 148 Å². The van der Waals surface area contributed by atoms with Crippen LogP contribution in [-0.4, -0.2) is 584 Å². The standard InChI is InChI=1S/C74H124N4O60S2/c1-16-35(88)45(98)51(104)68(120-16)116-13-28-57(42(95)31(64(109)122-28)75-18(3)84)131-65-32(76-19(4)85)43(96)56(26(11-83)127-65)132-72-55(108)61(41(94)27(128-72)12-117-73-62(49(102)39(92)24(9-81)125-73)137-66-33(77-20(5)86)44(97)58(29(129-66)14-118-139(110,111)112)133-70-53(106)47(100)37(90)22(7-79)123-70)136-74-63(50(103)40(93)25(10-82)126-74)138-67-34(78-21(6)87)60(135-69-52(105)46(99)36(89)17(2)121-69)59(30(130-67)15-119-140(113,114)115)134-71-54(107)48(101)38(91)23(8-80)124-71/h16-17,22-74,79-83,88-109H,7-15H2,1-6H3,(H,75,84)(H,76,85)(H,77,86)(H,78,87)(H,110,111,112)(H,113,114,115)/t16-,17-,22+,23+,24+,25+,26+,27+,28+,29+,30+,31+,32+,33+,34+,35+,36+,37-,38-,39+,40+,41+,42+,43+,44+,45+,46+,47-,48-,49-,50-,51-,52+,53+,54+,55-,56+,57+,58+,59+,60+,61-,62-,63-,64+,65-,66-,67-,68+,69-,70-,71-,72-,73-,74+/m0/s1. The van der Waals surface area contributed by atoms with Crippen LogP contribution in [0.15, 0.2) is 0 Å². The van der Waals surface area contributed by atoms with E-state index in [1.54, 1.807) is 0 Å². The first-order chi connectivity index (χ1) is 65.7. The van der Waals surface area contributed by atoms with E-state index in [0.717, 1.165) is 34.6 Å². The van der Waals surface area contributed by atoms with Gasteiger partial charge < -0.3 is 259 Å². The third-order valence-corrected chi connectivity index (χ3v) is 25.8. The largest absolute Gasteiger partial charge is 0.397 e. The van der Waals surface area contributed by atoms with Crippen LogP contribution in [0, 0.1) is 0 Å². The number of carbonyl (C=O) groups is 4. The van der Waals surface area contributed by atoms with Gasteiger partial charge in [0.15, 0.2) is 69.2 Å². The third kappa shape index (κ3) is 26.9. The fourth-order valence-electron chi connectivity index (χ4n) is 17.5. The molecule has 11 aliphatic rings. The van der Waals surface area contributed by atoms with E-state index < -0.39 is 441 Å². The van der Waals surface area contributed by atoms with Crippen LogP contribution >= 0.6 is 0 Å². The second-order valence-corrected chi connectivity index (χ2v) is 37.0. The number of ether oxygens (including phenoxy) is 21. The molecule has 0 saturated carbocycles. The molecule has 4 amide bonds. The van der Waals surface area contributed by atoms with Crippen LogP contribution in [0.4, 0.5) is 0 Å². The number of carbonyl (C=O) groups excluding carboxylic acids is 4. The van der Waals surface area contributed by atoms with E-state index in [1.807, 2.05) is 0 Å². The van der Waals surface area contributed by atoms with Crippen molar-refractivity contribution in [2.75, 3.05) is 59.5 Å². The van der Waals surface area contributed by atoms with Gasteiger partial charge in [-0.1, -0.05) is 0 Å². The van der Waals surface area contributed by atoms with Crippen LogP contribution in [0.5, 0.6) is 0 Å². The van der Waals surface area contributed by atoms with Gasteiger partial charge in [0.25, 0.3) is 0 Å². The van der Waals surface area contributed by atoms with E-state index in [4.69, 9.17) is 104 Å². The Morgan fingerprint density at radius 1 is 0.236 bits per heavy atom. The summed E-state index contributed by atoms with van der Waals surface area (Å²) in [7, 11) is -11.2. The van der Waals surface area contributed by atoms with E-state index in [-0.39, 0.29) is 0 Å². The average molecular weight is 2090 g/mol. The van der Waals surface area contributed by atoms with Crippen molar-refractivity contribution in [1.29, 1.82) is 0 Å². The van der Waals surface area contributed by atoms with Gasteiger partial charge >= 0.3 is 20.8 Å². The van der Waals surface area contributed by atoms with Crippen molar-refractivity contribution in [2.45, 2.75) is 379 Å². The predicted molar refractivity (Wildman–Crippen MR) is 427 cm³/mol. The number of aliphatic hydroxyl groups excluding tert-OH is 27. The lowest BCUT2D eigenvalue weighted by atomic mass is 9.93. The fourth-order valence-corrected chi connectivity index (χ4v) is 18.1. The first-order valence-corrected chi connectivity index (χ1v) is 46.4. The molecule has 11 fully saturated rings. The summed E-state index contributed by atoms with van der Waals surface area (Å²) in [6.45, 7) is -5.68. The molecule has 11 heterocycles. The molecule has 0 aromatic carbocycles. The van der Waals surface area contributed by atoms with Gasteiger partial charge in [-0.3, -0.25) is 28.3 Å². The molecule has 33 N–H and O–H groups in total. The molecule has 0 bridgehead atoms. The summed E-state index contributed by atoms with van der Waals surface area (Å²) in [5.74, 6) is -4.22. The normalized spacial score (nSPS) is 48.4. The zero-order valence-electron chi connectivity index (χ0n) is 74.6. The molecule has 11 aliphatic heterocycles. The Bertz CT molecular complexity index is 4180. The van der Waals surface area contributed by atoms with E-state index in [1.165, 1.54) is 6.92 Å². The second kappa shape index (κ2) is 49.4. The summed E-state index contributed by atoms with van der Waals surface area (Å²) in [5, 5.41) is 315. The maximum atomic E-state index is 13.7. The van der Waals surface area contributed by atoms with Gasteiger partial charge in [0, 0.05) is 27.7 Å². The maximum absolute atomic E-state index is 13.7. The van der Waals surface area contributed by atoms with E-state index in [9.17, 15) is 183 Å². The Balaban J connectivity index is 0.982. The first-order valence-electron chi connectivity index (χ1n) is 43.7. The van der Waals surface area contributed by atoms with Crippen molar-refractivity contribution < 1.29 is 291 Å². The number of hydrogen-bond donors (Lipinski definition) is 33. The van der Waals surface area contributed by atoms with Crippen LogP contribution in [0.2, 0.25) is 0 Å². The predicted octanol–water partition coefficient (Wildman–Crippen LogP) is -22.7. The highest BCUT2D eigenvalue weighted by molar-refractivity contribution is 7.81. The maximum Gasteiger partial charge on any atom is 0.397 e. The molecule has 11 rings (SSSR count). The van der Waals surface area contributed by atoms with Gasteiger partial charge in [-0.15, -0.1) is 0 Å². The van der Waals surface area contributed by atoms with Gasteiger partial charge in [-0.2, -0.15) is 16.8 Å². The molecule has 140 heavy (non-hydrogen) atoms. The highest BCUT2D eigenvalue weighted by Gasteiger charge is 2.63. The third-order valence-electron chi connectivity index (χ3n) is 24.9. The molecule has 0 radical (unpaired) electrons. The van der Waals surface area contributed by atoms with Gasteiger partial charge in [0.05, 0.1) is 71.7 Å². The lowest BCUT2D eigenvalue weighted by Gasteiger charge is -2.52.